The van der Waals surface area contributed by atoms with Crippen molar-refractivity contribution < 1.29 is 24.0 Å². The van der Waals surface area contributed by atoms with E-state index in [0.717, 1.165) is 37.7 Å². The number of hydrogen-bond acceptors (Lipinski definition) is 8. The highest BCUT2D eigenvalue weighted by atomic mass is 16.6. The Kier molecular flexibility index (Phi) is 9.64. The van der Waals surface area contributed by atoms with Crippen LogP contribution in [0, 0.1) is 17.2 Å². The van der Waals surface area contributed by atoms with Crippen molar-refractivity contribution >= 4 is 23.7 Å². The van der Waals surface area contributed by atoms with Gasteiger partial charge in [-0.25, -0.2) is 0 Å². The molecule has 3 atom stereocenters. The third-order valence-electron chi connectivity index (χ3n) is 6.87. The van der Waals surface area contributed by atoms with Gasteiger partial charge in [-0.05, 0) is 44.1 Å². The van der Waals surface area contributed by atoms with Gasteiger partial charge in [-0.15, -0.1) is 0 Å². The molecule has 1 saturated carbocycles. The van der Waals surface area contributed by atoms with Crippen LogP contribution in [0.25, 0.3) is 0 Å². The molecule has 0 aromatic heterocycles. The number of carbonyl (C=O) groups excluding carboxylic acids is 3. The molecule has 3 rings (SSSR count). The Labute approximate surface area is 200 Å². The van der Waals surface area contributed by atoms with Crippen molar-refractivity contribution in [3.63, 3.8) is 0 Å². The van der Waals surface area contributed by atoms with Crippen molar-refractivity contribution in [2.24, 2.45) is 17.7 Å². The van der Waals surface area contributed by atoms with Crippen molar-refractivity contribution in [1.82, 2.24) is 15.5 Å². The van der Waals surface area contributed by atoms with E-state index in [1.54, 1.807) is 11.8 Å². The van der Waals surface area contributed by atoms with Gasteiger partial charge < -0.3 is 19.8 Å². The molecule has 0 spiro atoms. The van der Waals surface area contributed by atoms with E-state index in [2.05, 4.69) is 15.5 Å². The van der Waals surface area contributed by atoms with Crippen LogP contribution in [0.3, 0.4) is 0 Å². The third-order valence-corrected chi connectivity index (χ3v) is 6.87. The summed E-state index contributed by atoms with van der Waals surface area (Å²) in [5, 5.41) is 13.7. The van der Waals surface area contributed by atoms with E-state index in [-0.39, 0.29) is 42.1 Å². The minimum absolute atomic E-state index is 0.00305. The van der Waals surface area contributed by atoms with Crippen molar-refractivity contribution in [2.75, 3.05) is 26.2 Å². The van der Waals surface area contributed by atoms with Crippen LogP contribution in [0.1, 0.15) is 51.9 Å². The van der Waals surface area contributed by atoms with E-state index in [0.29, 0.717) is 32.5 Å². The molecule has 0 bridgehead atoms. The van der Waals surface area contributed by atoms with Gasteiger partial charge in [0.2, 0.25) is 17.7 Å². The fraction of sp³-hybridized carbons (Fsp3) is 0.667. The predicted molar refractivity (Wildman–Crippen MR) is 126 cm³/mol. The molecule has 1 aliphatic heterocycles. The van der Waals surface area contributed by atoms with Crippen LogP contribution >= 0.6 is 0 Å². The first-order valence-corrected chi connectivity index (χ1v) is 12.2. The molecule has 0 aromatic rings. The number of ether oxygens (including phenoxy) is 1. The maximum Gasteiger partial charge on any atom is 0.319 e. The number of nitrogens with two attached hydrogens (primary N) is 1. The number of likely N-dealkylation sites (tertiary alicyclic amines) is 1. The summed E-state index contributed by atoms with van der Waals surface area (Å²) in [6.45, 7) is 2.92. The molecule has 10 nitrogen and oxygen atoms in total. The Balaban J connectivity index is 1.54. The average molecular weight is 476 g/mol. The summed E-state index contributed by atoms with van der Waals surface area (Å²) in [7, 11) is 0. The molecule has 5 N–H and O–H groups in total. The Morgan fingerprint density at radius 2 is 2.00 bits per heavy atom. The molecule has 2 amide bonds. The van der Waals surface area contributed by atoms with Crippen LogP contribution in [0.2, 0.25) is 0 Å². The zero-order chi connectivity index (χ0) is 24.5. The summed E-state index contributed by atoms with van der Waals surface area (Å²) < 4.78 is 5.01. The van der Waals surface area contributed by atoms with Crippen molar-refractivity contribution in [2.45, 2.75) is 64.0 Å². The van der Waals surface area contributed by atoms with Gasteiger partial charge in [0.15, 0.2) is 0 Å². The second-order valence-electron chi connectivity index (χ2n) is 9.08. The van der Waals surface area contributed by atoms with Gasteiger partial charge in [-0.2, -0.15) is 5.90 Å². The fourth-order valence-corrected chi connectivity index (χ4v) is 4.82. The molecule has 0 aromatic carbocycles. The first-order valence-electron chi connectivity index (χ1n) is 12.2. The van der Waals surface area contributed by atoms with Gasteiger partial charge in [-0.1, -0.05) is 37.5 Å². The number of nitrogens with one attached hydrogen (secondary N) is 3. The number of rotatable bonds is 10. The Bertz CT molecular complexity index is 821. The largest absolute Gasteiger partial charge is 0.465 e. The number of amides is 2. The molecule has 2 aliphatic carbocycles. The van der Waals surface area contributed by atoms with Crippen LogP contribution in [0.4, 0.5) is 0 Å². The number of carbonyl (C=O) groups is 3. The van der Waals surface area contributed by atoms with Crippen molar-refractivity contribution in [1.29, 1.82) is 5.41 Å². The molecule has 188 valence electrons. The first kappa shape index (κ1) is 25.9. The zero-order valence-electron chi connectivity index (χ0n) is 19.9. The summed E-state index contributed by atoms with van der Waals surface area (Å²) in [4.78, 5) is 44.2. The Hall–Kier alpha value is -2.72. The van der Waals surface area contributed by atoms with Crippen LogP contribution in [0.15, 0.2) is 23.8 Å². The van der Waals surface area contributed by atoms with Crippen LogP contribution < -0.4 is 16.5 Å². The summed E-state index contributed by atoms with van der Waals surface area (Å²) >= 11 is 0. The summed E-state index contributed by atoms with van der Waals surface area (Å²) in [6.07, 6.45) is 12.0. The normalized spacial score (nSPS) is 23.4. The Morgan fingerprint density at radius 1 is 1.24 bits per heavy atom. The molecule has 10 heteroatoms. The van der Waals surface area contributed by atoms with Crippen molar-refractivity contribution in [3.05, 3.63) is 23.8 Å². The minimum Gasteiger partial charge on any atom is -0.465 e. The van der Waals surface area contributed by atoms with Gasteiger partial charge in [0, 0.05) is 13.1 Å². The lowest BCUT2D eigenvalue weighted by Gasteiger charge is -2.43. The average Bonchev–Trinajstić information content (AvgIpc) is 2.83. The number of esters is 1. The first-order chi connectivity index (χ1) is 16.4. The van der Waals surface area contributed by atoms with Crippen molar-refractivity contribution in [3.8, 4) is 0 Å². The minimum atomic E-state index is -0.497. The van der Waals surface area contributed by atoms with Gasteiger partial charge in [0.25, 0.3) is 0 Å². The molecule has 3 aliphatic rings. The number of nitrogens with zero attached hydrogens (tertiary/aromatic N) is 1. The molecule has 34 heavy (non-hydrogen) atoms. The topological polar surface area (TPSA) is 147 Å². The molecule has 1 heterocycles. The van der Waals surface area contributed by atoms with E-state index in [1.165, 1.54) is 0 Å². The second kappa shape index (κ2) is 12.7. The van der Waals surface area contributed by atoms with E-state index in [1.807, 2.05) is 18.2 Å². The number of allylic oxidation sites excluding steroid dienone is 1. The van der Waals surface area contributed by atoms with Crippen LogP contribution in [-0.4, -0.2) is 66.9 Å². The lowest BCUT2D eigenvalue weighted by atomic mass is 9.82. The molecular formula is C24H37N5O5. The predicted octanol–water partition coefficient (Wildman–Crippen LogP) is 1.18. The van der Waals surface area contributed by atoms with E-state index in [4.69, 9.17) is 16.0 Å². The standard InChI is InChI=1S/C24H37N5O5/c1-2-33-20(30)15-27-21(17-6-4-3-5-7-17)24(32)29-13-12-19(29)23(31)28-14-16-8-10-18(11-9-16)22(25)34-26/h8-10,17-19,21,25,27H,2-7,11-15,26H2,1H3,(H,28,31). The van der Waals surface area contributed by atoms with Gasteiger partial charge >= 0.3 is 5.97 Å². The van der Waals surface area contributed by atoms with E-state index >= 15 is 0 Å². The molecule has 0 radical (unpaired) electrons. The summed E-state index contributed by atoms with van der Waals surface area (Å²) in [6, 6.07) is -0.982. The van der Waals surface area contributed by atoms with Gasteiger partial charge in [-0.3, -0.25) is 25.1 Å². The lowest BCUT2D eigenvalue weighted by molar-refractivity contribution is -0.151. The third kappa shape index (κ3) is 6.66. The smallest absolute Gasteiger partial charge is 0.319 e. The highest BCUT2D eigenvalue weighted by Gasteiger charge is 2.42. The SMILES string of the molecule is CCOC(=O)CNC(C(=O)N1CCC1C(=O)NCC1=CCC(C(=N)ON)C=C1)C1CCCCC1. The van der Waals surface area contributed by atoms with Gasteiger partial charge in [0.1, 0.15) is 6.04 Å². The second-order valence-corrected chi connectivity index (χ2v) is 9.08. The molecular weight excluding hydrogens is 438 g/mol. The maximum absolute atomic E-state index is 13.4. The summed E-state index contributed by atoms with van der Waals surface area (Å²) in [5.74, 6) is 4.35. The molecule has 1 saturated heterocycles. The molecule has 3 unspecified atom stereocenters. The molecule has 2 fully saturated rings. The van der Waals surface area contributed by atoms with Crippen LogP contribution in [0.5, 0.6) is 0 Å². The zero-order valence-corrected chi connectivity index (χ0v) is 19.9. The van der Waals surface area contributed by atoms with E-state index < -0.39 is 12.1 Å². The van der Waals surface area contributed by atoms with E-state index in [9.17, 15) is 14.4 Å². The maximum atomic E-state index is 13.4. The quantitative estimate of drug-likeness (QED) is 0.160. The highest BCUT2D eigenvalue weighted by Crippen LogP contribution is 2.29. The van der Waals surface area contributed by atoms with Gasteiger partial charge in [0.05, 0.1) is 25.1 Å². The fourth-order valence-electron chi connectivity index (χ4n) is 4.82. The highest BCUT2D eigenvalue weighted by molar-refractivity contribution is 5.92. The Morgan fingerprint density at radius 3 is 2.59 bits per heavy atom. The lowest BCUT2D eigenvalue weighted by Crippen LogP contribution is -2.63. The number of hydrogen-bond donors (Lipinski definition) is 4. The van der Waals surface area contributed by atoms with Crippen LogP contribution in [-0.2, 0) is 24.0 Å². The monoisotopic (exact) mass is 475 g/mol. The summed E-state index contributed by atoms with van der Waals surface area (Å²) in [5.41, 5.74) is 0.933.